The highest BCUT2D eigenvalue weighted by Crippen LogP contribution is 2.40. The molecule has 0 radical (unpaired) electrons. The van der Waals surface area contributed by atoms with Gasteiger partial charge in [0.15, 0.2) is 0 Å². The van der Waals surface area contributed by atoms with Gasteiger partial charge in [-0.3, -0.25) is 4.79 Å². The lowest BCUT2D eigenvalue weighted by atomic mass is 10.1. The average Bonchev–Trinajstić information content (AvgIpc) is 2.99. The molecule has 17 heavy (non-hydrogen) atoms. The van der Waals surface area contributed by atoms with Crippen molar-refractivity contribution in [2.24, 2.45) is 5.73 Å². The minimum absolute atomic E-state index is 0.181. The van der Waals surface area contributed by atoms with Gasteiger partial charge in [-0.05, 0) is 25.0 Å². The summed E-state index contributed by atoms with van der Waals surface area (Å²) in [4.78, 5) is 11.0. The number of primary amides is 1. The van der Waals surface area contributed by atoms with Crippen molar-refractivity contribution in [3.05, 3.63) is 29.3 Å². The molecule has 1 aromatic carbocycles. The summed E-state index contributed by atoms with van der Waals surface area (Å²) in [6.45, 7) is 0. The molecule has 0 heterocycles. The number of carbonyl (C=O) groups is 1. The quantitative estimate of drug-likeness (QED) is 0.888. The minimum Gasteiger partial charge on any atom is -0.490 e. The summed E-state index contributed by atoms with van der Waals surface area (Å²) in [5.74, 6) is -1.44. The topological polar surface area (TPSA) is 52.3 Å². The van der Waals surface area contributed by atoms with E-state index in [1.165, 1.54) is 12.1 Å². The molecule has 1 saturated carbocycles. The van der Waals surface area contributed by atoms with Gasteiger partial charge in [0.05, 0.1) is 11.7 Å². The Bertz CT molecular complexity index is 453. The number of benzene rings is 1. The summed E-state index contributed by atoms with van der Waals surface area (Å²) in [5.41, 5.74) is 3.29. The summed E-state index contributed by atoms with van der Waals surface area (Å²) in [5, 5.41) is 0. The number of alkyl halides is 3. The highest BCUT2D eigenvalue weighted by Gasteiger charge is 2.39. The van der Waals surface area contributed by atoms with Crippen molar-refractivity contribution in [2.45, 2.75) is 25.1 Å². The zero-order chi connectivity index (χ0) is 12.6. The Kier molecular flexibility index (Phi) is 2.73. The van der Waals surface area contributed by atoms with Crippen LogP contribution >= 0.6 is 0 Å². The molecule has 0 spiro atoms. The highest BCUT2D eigenvalue weighted by atomic mass is 19.4. The maximum Gasteiger partial charge on any atom is 0.420 e. The van der Waals surface area contributed by atoms with Gasteiger partial charge >= 0.3 is 6.18 Å². The van der Waals surface area contributed by atoms with Crippen LogP contribution in [0.25, 0.3) is 0 Å². The molecule has 0 unspecified atom stereocenters. The van der Waals surface area contributed by atoms with Crippen LogP contribution in [0.5, 0.6) is 5.75 Å². The second kappa shape index (κ2) is 3.94. The summed E-state index contributed by atoms with van der Waals surface area (Å²) in [6.07, 6.45) is -3.37. The minimum atomic E-state index is -4.66. The van der Waals surface area contributed by atoms with Gasteiger partial charge in [-0.25, -0.2) is 0 Å². The van der Waals surface area contributed by atoms with Crippen LogP contribution in [0.1, 0.15) is 28.8 Å². The molecule has 0 atom stereocenters. The number of carbonyl (C=O) groups excluding carboxylic acids is 1. The van der Waals surface area contributed by atoms with Crippen molar-refractivity contribution in [3.63, 3.8) is 0 Å². The molecule has 92 valence electrons. The van der Waals surface area contributed by atoms with E-state index >= 15 is 0 Å². The molecule has 2 N–H and O–H groups in total. The molecule has 1 aromatic rings. The van der Waals surface area contributed by atoms with Gasteiger partial charge in [0, 0.05) is 0 Å². The van der Waals surface area contributed by atoms with E-state index in [0.717, 1.165) is 18.9 Å². The van der Waals surface area contributed by atoms with E-state index in [0.29, 0.717) is 0 Å². The molecule has 2 rings (SSSR count). The smallest absolute Gasteiger partial charge is 0.420 e. The summed E-state index contributed by atoms with van der Waals surface area (Å²) in [7, 11) is 0. The third kappa shape index (κ3) is 2.51. The van der Waals surface area contributed by atoms with Crippen LogP contribution < -0.4 is 10.5 Å². The van der Waals surface area contributed by atoms with E-state index < -0.39 is 23.2 Å². The van der Waals surface area contributed by atoms with Gasteiger partial charge in [0.25, 0.3) is 0 Å². The fourth-order valence-corrected chi connectivity index (χ4v) is 1.49. The van der Waals surface area contributed by atoms with E-state index in [2.05, 4.69) is 0 Å². The fourth-order valence-electron chi connectivity index (χ4n) is 1.49. The molecule has 1 fully saturated rings. The van der Waals surface area contributed by atoms with Gasteiger partial charge in [-0.15, -0.1) is 0 Å². The van der Waals surface area contributed by atoms with Gasteiger partial charge in [-0.2, -0.15) is 13.2 Å². The number of rotatable bonds is 3. The van der Waals surface area contributed by atoms with Gasteiger partial charge < -0.3 is 10.5 Å². The largest absolute Gasteiger partial charge is 0.490 e. The maximum absolute atomic E-state index is 12.9. The Hall–Kier alpha value is -1.72. The molecule has 1 amide bonds. The van der Waals surface area contributed by atoms with E-state index in [4.69, 9.17) is 10.5 Å². The van der Waals surface area contributed by atoms with Gasteiger partial charge in [0.2, 0.25) is 5.91 Å². The lowest BCUT2D eigenvalue weighted by Gasteiger charge is -2.16. The second-order valence-electron chi connectivity index (χ2n) is 3.86. The van der Waals surface area contributed by atoms with E-state index in [1.807, 2.05) is 0 Å². The first kappa shape index (κ1) is 11.8. The van der Waals surface area contributed by atoms with Crippen LogP contribution in [-0.2, 0) is 6.18 Å². The Morgan fingerprint density at radius 2 is 2.00 bits per heavy atom. The standard InChI is InChI=1S/C11H10F3NO2/c12-11(13,14)9-7(10(15)16)2-1-3-8(9)17-6-4-5-6/h1-3,6H,4-5H2,(H2,15,16). The predicted octanol–water partition coefficient (Wildman–Crippen LogP) is 2.35. The zero-order valence-electron chi connectivity index (χ0n) is 8.75. The molecule has 6 heteroatoms. The average molecular weight is 245 g/mol. The van der Waals surface area contributed by atoms with Crippen molar-refractivity contribution in [2.75, 3.05) is 0 Å². The first-order chi connectivity index (χ1) is 7.89. The van der Waals surface area contributed by atoms with Crippen molar-refractivity contribution in [1.29, 1.82) is 0 Å². The summed E-state index contributed by atoms with van der Waals surface area (Å²) >= 11 is 0. The van der Waals surface area contributed by atoms with Crippen LogP contribution in [0, 0.1) is 0 Å². The van der Waals surface area contributed by atoms with Crippen molar-refractivity contribution in [3.8, 4) is 5.75 Å². The molecule has 0 aliphatic heterocycles. The second-order valence-corrected chi connectivity index (χ2v) is 3.86. The third-order valence-corrected chi connectivity index (χ3v) is 2.39. The Morgan fingerprint density at radius 3 is 2.47 bits per heavy atom. The van der Waals surface area contributed by atoms with E-state index in [1.54, 1.807) is 0 Å². The Balaban J connectivity index is 2.49. The number of ether oxygens (including phenoxy) is 1. The summed E-state index contributed by atoms with van der Waals surface area (Å²) < 4.78 is 43.7. The zero-order valence-corrected chi connectivity index (χ0v) is 8.75. The molecule has 1 aliphatic carbocycles. The summed E-state index contributed by atoms with van der Waals surface area (Å²) in [6, 6.07) is 3.57. The highest BCUT2D eigenvalue weighted by molar-refractivity contribution is 5.95. The third-order valence-electron chi connectivity index (χ3n) is 2.39. The van der Waals surface area contributed by atoms with Crippen molar-refractivity contribution in [1.82, 2.24) is 0 Å². The van der Waals surface area contributed by atoms with Gasteiger partial charge in [0.1, 0.15) is 11.3 Å². The molecule has 0 bridgehead atoms. The molecular weight excluding hydrogens is 235 g/mol. The Morgan fingerprint density at radius 1 is 1.35 bits per heavy atom. The van der Waals surface area contributed by atoms with Gasteiger partial charge in [-0.1, -0.05) is 6.07 Å². The van der Waals surface area contributed by atoms with Crippen LogP contribution in [-0.4, -0.2) is 12.0 Å². The van der Waals surface area contributed by atoms with Crippen LogP contribution in [0.15, 0.2) is 18.2 Å². The lowest BCUT2D eigenvalue weighted by Crippen LogP contribution is -2.20. The first-order valence-electron chi connectivity index (χ1n) is 5.06. The predicted molar refractivity (Wildman–Crippen MR) is 53.6 cm³/mol. The monoisotopic (exact) mass is 245 g/mol. The lowest BCUT2D eigenvalue weighted by molar-refractivity contribution is -0.139. The number of nitrogens with two attached hydrogens (primary N) is 1. The molecule has 0 aromatic heterocycles. The number of hydrogen-bond donors (Lipinski definition) is 1. The molecule has 1 aliphatic rings. The van der Waals surface area contributed by atoms with Crippen LogP contribution in [0.3, 0.4) is 0 Å². The van der Waals surface area contributed by atoms with E-state index in [9.17, 15) is 18.0 Å². The van der Waals surface area contributed by atoms with Crippen LogP contribution in [0.2, 0.25) is 0 Å². The SMILES string of the molecule is NC(=O)c1cccc(OC2CC2)c1C(F)(F)F. The number of halogens is 3. The number of hydrogen-bond acceptors (Lipinski definition) is 2. The maximum atomic E-state index is 12.9. The van der Waals surface area contributed by atoms with Crippen molar-refractivity contribution < 1.29 is 22.7 Å². The van der Waals surface area contributed by atoms with E-state index in [-0.39, 0.29) is 11.9 Å². The molecule has 3 nitrogen and oxygen atoms in total. The fraction of sp³-hybridized carbons (Fsp3) is 0.364. The number of amides is 1. The normalized spacial score (nSPS) is 15.7. The molecular formula is C11H10F3NO2. The first-order valence-corrected chi connectivity index (χ1v) is 5.06. The Labute approximate surface area is 95.4 Å². The van der Waals surface area contributed by atoms with Crippen LogP contribution in [0.4, 0.5) is 13.2 Å². The van der Waals surface area contributed by atoms with Crippen molar-refractivity contribution >= 4 is 5.91 Å². The molecule has 0 saturated heterocycles.